The van der Waals surface area contributed by atoms with Crippen molar-refractivity contribution < 1.29 is 13.6 Å². The van der Waals surface area contributed by atoms with E-state index in [1.54, 1.807) is 13.8 Å². The van der Waals surface area contributed by atoms with Crippen LogP contribution in [0, 0.1) is 25.5 Å². The van der Waals surface area contributed by atoms with Crippen LogP contribution in [0.2, 0.25) is 0 Å². The Bertz CT molecular complexity index is 639. The van der Waals surface area contributed by atoms with E-state index in [1.807, 2.05) is 0 Å². The molecule has 1 aromatic heterocycles. The van der Waals surface area contributed by atoms with Gasteiger partial charge in [0.25, 0.3) is 5.91 Å². The molecule has 1 aromatic carbocycles. The number of rotatable bonds is 3. The maximum Gasteiger partial charge on any atom is 0.270 e. The van der Waals surface area contributed by atoms with Crippen molar-refractivity contribution >= 4 is 5.91 Å². The highest BCUT2D eigenvalue weighted by Gasteiger charge is 2.14. The first-order valence-corrected chi connectivity index (χ1v) is 6.00. The normalized spacial score (nSPS) is 10.4. The highest BCUT2D eigenvalue weighted by Crippen LogP contribution is 2.12. The second-order valence-electron chi connectivity index (χ2n) is 4.32. The second kappa shape index (κ2) is 5.73. The third-order valence-corrected chi connectivity index (χ3v) is 3.04. The van der Waals surface area contributed by atoms with E-state index in [1.165, 1.54) is 12.4 Å². The maximum absolute atomic E-state index is 13.4. The number of nitrogens with one attached hydrogen (secondary N) is 1. The van der Waals surface area contributed by atoms with E-state index in [9.17, 15) is 13.6 Å². The van der Waals surface area contributed by atoms with Gasteiger partial charge in [-0.1, -0.05) is 6.07 Å². The average molecular weight is 277 g/mol. The number of carbonyl (C=O) groups excluding carboxylic acids is 1. The van der Waals surface area contributed by atoms with Gasteiger partial charge in [-0.2, -0.15) is 0 Å². The Morgan fingerprint density at radius 3 is 2.50 bits per heavy atom. The molecule has 0 unspecified atom stereocenters. The van der Waals surface area contributed by atoms with Crippen LogP contribution >= 0.6 is 0 Å². The van der Waals surface area contributed by atoms with E-state index in [0.717, 1.165) is 12.1 Å². The molecular formula is C14H13F2N3O. The SMILES string of the molecule is Cc1ncnc(C(=O)NCc2c(F)cccc2F)c1C. The van der Waals surface area contributed by atoms with Crippen molar-refractivity contribution in [3.05, 3.63) is 58.7 Å². The van der Waals surface area contributed by atoms with Gasteiger partial charge in [0.2, 0.25) is 0 Å². The van der Waals surface area contributed by atoms with E-state index < -0.39 is 17.5 Å². The molecule has 0 saturated heterocycles. The van der Waals surface area contributed by atoms with Gasteiger partial charge in [-0.25, -0.2) is 18.7 Å². The lowest BCUT2D eigenvalue weighted by atomic mass is 10.1. The minimum Gasteiger partial charge on any atom is -0.346 e. The number of aryl methyl sites for hydroxylation is 1. The monoisotopic (exact) mass is 277 g/mol. The lowest BCUT2D eigenvalue weighted by molar-refractivity contribution is 0.0944. The molecule has 1 heterocycles. The molecule has 0 atom stereocenters. The largest absolute Gasteiger partial charge is 0.346 e. The number of carbonyl (C=O) groups is 1. The van der Waals surface area contributed by atoms with E-state index in [2.05, 4.69) is 15.3 Å². The fraction of sp³-hybridized carbons (Fsp3) is 0.214. The quantitative estimate of drug-likeness (QED) is 0.936. The van der Waals surface area contributed by atoms with Crippen molar-refractivity contribution in [1.29, 1.82) is 0 Å². The Balaban J connectivity index is 2.15. The van der Waals surface area contributed by atoms with Crippen molar-refractivity contribution in [2.24, 2.45) is 0 Å². The number of nitrogens with zero attached hydrogens (tertiary/aromatic N) is 2. The van der Waals surface area contributed by atoms with Crippen molar-refractivity contribution in [2.45, 2.75) is 20.4 Å². The average Bonchev–Trinajstić information content (AvgIpc) is 2.41. The maximum atomic E-state index is 13.4. The fourth-order valence-electron chi connectivity index (χ4n) is 1.72. The van der Waals surface area contributed by atoms with Gasteiger partial charge in [-0.15, -0.1) is 0 Å². The Labute approximate surface area is 114 Å². The van der Waals surface area contributed by atoms with Crippen molar-refractivity contribution in [3.8, 4) is 0 Å². The van der Waals surface area contributed by atoms with E-state index in [0.29, 0.717) is 11.3 Å². The van der Waals surface area contributed by atoms with Gasteiger partial charge < -0.3 is 5.32 Å². The summed E-state index contributed by atoms with van der Waals surface area (Å²) < 4.78 is 26.9. The predicted octanol–water partition coefficient (Wildman–Crippen LogP) is 2.30. The highest BCUT2D eigenvalue weighted by atomic mass is 19.1. The molecule has 0 aliphatic heterocycles. The van der Waals surface area contributed by atoms with E-state index >= 15 is 0 Å². The molecule has 104 valence electrons. The van der Waals surface area contributed by atoms with Gasteiger partial charge in [-0.05, 0) is 26.0 Å². The lowest BCUT2D eigenvalue weighted by Crippen LogP contribution is -2.26. The van der Waals surface area contributed by atoms with Crippen LogP contribution in [0.1, 0.15) is 27.3 Å². The summed E-state index contributed by atoms with van der Waals surface area (Å²) >= 11 is 0. The summed E-state index contributed by atoms with van der Waals surface area (Å²) in [6.07, 6.45) is 1.28. The van der Waals surface area contributed by atoms with Crippen molar-refractivity contribution in [2.75, 3.05) is 0 Å². The third-order valence-electron chi connectivity index (χ3n) is 3.04. The van der Waals surface area contributed by atoms with Gasteiger partial charge in [0.05, 0.1) is 0 Å². The molecule has 4 nitrogen and oxygen atoms in total. The zero-order valence-corrected chi connectivity index (χ0v) is 11.1. The van der Waals surface area contributed by atoms with Gasteiger partial charge in [0.15, 0.2) is 0 Å². The summed E-state index contributed by atoms with van der Waals surface area (Å²) in [6.45, 7) is 3.23. The van der Waals surface area contributed by atoms with Crippen LogP contribution in [0.3, 0.4) is 0 Å². The van der Waals surface area contributed by atoms with Gasteiger partial charge >= 0.3 is 0 Å². The summed E-state index contributed by atoms with van der Waals surface area (Å²) in [7, 11) is 0. The first-order valence-electron chi connectivity index (χ1n) is 6.00. The van der Waals surface area contributed by atoms with Crippen molar-refractivity contribution in [1.82, 2.24) is 15.3 Å². The molecule has 0 radical (unpaired) electrons. The minimum atomic E-state index is -0.694. The Kier molecular flexibility index (Phi) is 4.02. The minimum absolute atomic E-state index is 0.177. The molecule has 0 fully saturated rings. The predicted molar refractivity (Wildman–Crippen MR) is 69.0 cm³/mol. The fourth-order valence-corrected chi connectivity index (χ4v) is 1.72. The molecule has 0 bridgehead atoms. The molecule has 6 heteroatoms. The Morgan fingerprint density at radius 2 is 1.85 bits per heavy atom. The number of halogens is 2. The standard InChI is InChI=1S/C14H13F2N3O/c1-8-9(2)18-7-19-13(8)14(20)17-6-10-11(15)4-3-5-12(10)16/h3-5,7H,6H2,1-2H3,(H,17,20). The summed E-state index contributed by atoms with van der Waals surface area (Å²) in [5.41, 5.74) is 1.35. The van der Waals surface area contributed by atoms with Crippen LogP contribution in [0.25, 0.3) is 0 Å². The summed E-state index contributed by atoms with van der Waals surface area (Å²) in [5.74, 6) is -1.88. The van der Waals surface area contributed by atoms with Crippen LogP contribution < -0.4 is 5.32 Å². The summed E-state index contributed by atoms with van der Waals surface area (Å²) in [5, 5.41) is 2.46. The third kappa shape index (κ3) is 2.79. The molecule has 20 heavy (non-hydrogen) atoms. The molecule has 0 aliphatic carbocycles. The van der Waals surface area contributed by atoms with Crippen LogP contribution in [0.15, 0.2) is 24.5 Å². The van der Waals surface area contributed by atoms with E-state index in [-0.39, 0.29) is 17.8 Å². The second-order valence-corrected chi connectivity index (χ2v) is 4.32. The van der Waals surface area contributed by atoms with Crippen LogP contribution in [0.5, 0.6) is 0 Å². The lowest BCUT2D eigenvalue weighted by Gasteiger charge is -2.09. The van der Waals surface area contributed by atoms with Gasteiger partial charge in [0, 0.05) is 23.4 Å². The van der Waals surface area contributed by atoms with Crippen LogP contribution in [0.4, 0.5) is 8.78 Å². The molecule has 2 rings (SSSR count). The summed E-state index contributed by atoms with van der Waals surface area (Å²) in [6, 6.07) is 3.56. The van der Waals surface area contributed by atoms with Crippen molar-refractivity contribution in [3.63, 3.8) is 0 Å². The zero-order valence-electron chi connectivity index (χ0n) is 11.1. The molecular weight excluding hydrogens is 264 g/mol. The Hall–Kier alpha value is -2.37. The molecule has 1 amide bonds. The smallest absolute Gasteiger partial charge is 0.270 e. The first-order chi connectivity index (χ1) is 9.50. The zero-order chi connectivity index (χ0) is 14.7. The highest BCUT2D eigenvalue weighted by molar-refractivity contribution is 5.93. The van der Waals surface area contributed by atoms with Crippen LogP contribution in [-0.4, -0.2) is 15.9 Å². The van der Waals surface area contributed by atoms with Gasteiger partial charge in [0.1, 0.15) is 23.7 Å². The summed E-state index contributed by atoms with van der Waals surface area (Å²) in [4.78, 5) is 19.8. The molecule has 1 N–H and O–H groups in total. The topological polar surface area (TPSA) is 54.9 Å². The number of amides is 1. The number of hydrogen-bond acceptors (Lipinski definition) is 3. The molecule has 2 aromatic rings. The van der Waals surface area contributed by atoms with E-state index in [4.69, 9.17) is 0 Å². The Morgan fingerprint density at radius 1 is 1.20 bits per heavy atom. The first kappa shape index (κ1) is 14.0. The number of aromatic nitrogens is 2. The number of benzene rings is 1. The van der Waals surface area contributed by atoms with Crippen LogP contribution in [-0.2, 0) is 6.54 Å². The number of hydrogen-bond donors (Lipinski definition) is 1. The molecule has 0 saturated carbocycles. The molecule has 0 aliphatic rings. The van der Waals surface area contributed by atoms with Gasteiger partial charge in [-0.3, -0.25) is 4.79 Å². The molecule has 0 spiro atoms.